The average Bonchev–Trinajstić information content (AvgIpc) is 3.14. The normalized spacial score (nSPS) is 20.4. The average molecular weight is 335 g/mol. The molecule has 2 N–H and O–H groups in total. The van der Waals surface area contributed by atoms with Crippen molar-refractivity contribution in [1.29, 1.82) is 0 Å². The fraction of sp³-hybridized carbons (Fsp3) is 0.333. The van der Waals surface area contributed by atoms with Gasteiger partial charge in [-0.1, -0.05) is 17.7 Å². The molecule has 0 saturated carbocycles. The van der Waals surface area contributed by atoms with Crippen LogP contribution in [-0.2, 0) is 16.0 Å². The lowest BCUT2D eigenvalue weighted by Crippen LogP contribution is -2.03. The van der Waals surface area contributed by atoms with Crippen molar-refractivity contribution >= 4 is 23.1 Å². The fourth-order valence-electron chi connectivity index (χ4n) is 3.95. The van der Waals surface area contributed by atoms with Crippen LogP contribution in [0.5, 0.6) is 0 Å². The van der Waals surface area contributed by atoms with Crippen molar-refractivity contribution in [2.45, 2.75) is 44.9 Å². The summed E-state index contributed by atoms with van der Waals surface area (Å²) in [6, 6.07) is 5.71. The molecule has 0 spiro atoms. The first-order valence-corrected chi connectivity index (χ1v) is 8.90. The molecule has 128 valence electrons. The maximum atomic E-state index is 12.4. The van der Waals surface area contributed by atoms with Gasteiger partial charge in [-0.05, 0) is 73.4 Å². The van der Waals surface area contributed by atoms with Crippen molar-refractivity contribution in [2.24, 2.45) is 0 Å². The molecule has 4 rings (SSSR count). The minimum atomic E-state index is -0.807. The van der Waals surface area contributed by atoms with Gasteiger partial charge in [0.15, 0.2) is 0 Å². The molecule has 2 aliphatic carbocycles. The lowest BCUT2D eigenvalue weighted by molar-refractivity contribution is -0.137. The Kier molecular flexibility index (Phi) is 4.04. The number of hydrogen-bond acceptors (Lipinski definition) is 2. The zero-order valence-electron chi connectivity index (χ0n) is 14.1. The Hall–Kier alpha value is -2.62. The van der Waals surface area contributed by atoms with Crippen molar-refractivity contribution in [3.05, 3.63) is 58.2 Å². The van der Waals surface area contributed by atoms with E-state index in [1.165, 1.54) is 36.0 Å². The van der Waals surface area contributed by atoms with Gasteiger partial charge in [0.1, 0.15) is 0 Å². The number of anilines is 1. The molecule has 4 nitrogen and oxygen atoms in total. The van der Waals surface area contributed by atoms with Crippen LogP contribution in [0.1, 0.15) is 49.7 Å². The summed E-state index contributed by atoms with van der Waals surface area (Å²) in [5.41, 5.74) is 7.55. The second-order valence-corrected chi connectivity index (χ2v) is 7.02. The fourth-order valence-corrected chi connectivity index (χ4v) is 3.95. The van der Waals surface area contributed by atoms with E-state index in [4.69, 9.17) is 5.11 Å². The van der Waals surface area contributed by atoms with E-state index in [-0.39, 0.29) is 12.3 Å². The third-order valence-corrected chi connectivity index (χ3v) is 5.23. The molecule has 0 unspecified atom stereocenters. The van der Waals surface area contributed by atoms with Crippen LogP contribution >= 0.6 is 0 Å². The summed E-state index contributed by atoms with van der Waals surface area (Å²) in [5, 5.41) is 11.8. The van der Waals surface area contributed by atoms with Crippen molar-refractivity contribution in [3.8, 4) is 0 Å². The lowest BCUT2D eigenvalue weighted by atomic mass is 9.93. The highest BCUT2D eigenvalue weighted by molar-refractivity contribution is 6.31. The molecule has 1 aromatic rings. The van der Waals surface area contributed by atoms with E-state index in [0.29, 0.717) is 12.0 Å². The highest BCUT2D eigenvalue weighted by atomic mass is 16.4. The summed E-state index contributed by atoms with van der Waals surface area (Å²) < 4.78 is 0. The minimum Gasteiger partial charge on any atom is -0.481 e. The number of carboxylic acids is 1. The van der Waals surface area contributed by atoms with Crippen LogP contribution in [0, 0.1) is 0 Å². The first-order chi connectivity index (χ1) is 12.1. The third-order valence-electron chi connectivity index (χ3n) is 5.23. The summed E-state index contributed by atoms with van der Waals surface area (Å²) >= 11 is 0. The molecule has 1 amide bonds. The Morgan fingerprint density at radius 2 is 2.08 bits per heavy atom. The number of aliphatic carboxylic acids is 1. The van der Waals surface area contributed by atoms with Gasteiger partial charge in [-0.15, -0.1) is 0 Å². The summed E-state index contributed by atoms with van der Waals surface area (Å²) in [6.07, 6.45) is 10.7. The van der Waals surface area contributed by atoms with E-state index >= 15 is 0 Å². The lowest BCUT2D eigenvalue weighted by Gasteiger charge is -2.12. The van der Waals surface area contributed by atoms with Gasteiger partial charge in [0.2, 0.25) is 0 Å². The number of aryl methyl sites for hydroxylation is 1. The monoisotopic (exact) mass is 335 g/mol. The number of carbonyl (C=O) groups is 2. The molecule has 0 fully saturated rings. The summed E-state index contributed by atoms with van der Waals surface area (Å²) in [5.74, 6) is -0.880. The Bertz CT molecular complexity index is 858. The van der Waals surface area contributed by atoms with Crippen molar-refractivity contribution in [2.75, 3.05) is 5.32 Å². The van der Waals surface area contributed by atoms with E-state index in [1.54, 1.807) is 0 Å². The number of carbonyl (C=O) groups excluding carboxylic acids is 1. The van der Waals surface area contributed by atoms with Crippen LogP contribution in [0.2, 0.25) is 0 Å². The second kappa shape index (κ2) is 6.36. The molecule has 0 bridgehead atoms. The van der Waals surface area contributed by atoms with E-state index in [2.05, 4.69) is 11.4 Å². The van der Waals surface area contributed by atoms with Gasteiger partial charge < -0.3 is 10.4 Å². The molecule has 0 atom stereocenters. The zero-order valence-corrected chi connectivity index (χ0v) is 14.1. The van der Waals surface area contributed by atoms with E-state index in [0.717, 1.165) is 29.7 Å². The SMILES string of the molecule is O=C(O)CCc1ccc2c(c1)C(=CC1=CC3=C(CCCC3)C1)C(=O)N2. The quantitative estimate of drug-likeness (QED) is 0.809. The van der Waals surface area contributed by atoms with Gasteiger partial charge in [0, 0.05) is 23.2 Å². The summed E-state index contributed by atoms with van der Waals surface area (Å²) in [4.78, 5) is 23.2. The van der Waals surface area contributed by atoms with Crippen molar-refractivity contribution in [1.82, 2.24) is 0 Å². The van der Waals surface area contributed by atoms with Crippen molar-refractivity contribution in [3.63, 3.8) is 0 Å². The van der Waals surface area contributed by atoms with E-state index < -0.39 is 5.97 Å². The van der Waals surface area contributed by atoms with Crippen LogP contribution in [-0.4, -0.2) is 17.0 Å². The molecule has 0 saturated heterocycles. The Morgan fingerprint density at radius 3 is 2.88 bits per heavy atom. The first kappa shape index (κ1) is 15.9. The summed E-state index contributed by atoms with van der Waals surface area (Å²) in [7, 11) is 0. The molecule has 0 aromatic heterocycles. The molecule has 25 heavy (non-hydrogen) atoms. The van der Waals surface area contributed by atoms with Crippen LogP contribution in [0.4, 0.5) is 5.69 Å². The number of benzene rings is 1. The topological polar surface area (TPSA) is 66.4 Å². The number of nitrogens with one attached hydrogen (secondary N) is 1. The van der Waals surface area contributed by atoms with Crippen LogP contribution in [0.25, 0.3) is 5.57 Å². The van der Waals surface area contributed by atoms with Crippen LogP contribution in [0.15, 0.2) is 47.1 Å². The maximum Gasteiger partial charge on any atom is 0.303 e. The number of rotatable bonds is 4. The molecule has 1 aromatic carbocycles. The summed E-state index contributed by atoms with van der Waals surface area (Å²) in [6.45, 7) is 0. The molecule has 3 aliphatic rings. The number of allylic oxidation sites excluding steroid dienone is 5. The van der Waals surface area contributed by atoms with Gasteiger partial charge >= 0.3 is 5.97 Å². The predicted molar refractivity (Wildman–Crippen MR) is 97.2 cm³/mol. The first-order valence-electron chi connectivity index (χ1n) is 8.90. The standard InChI is InChI=1S/C21H21NO3/c23-20(24)8-6-13-5-7-19-17(11-13)18(21(25)22-19)12-14-9-15-3-1-2-4-16(15)10-14/h5,7,9,11-12H,1-4,6,8,10H2,(H,22,25)(H,23,24). The van der Waals surface area contributed by atoms with E-state index in [9.17, 15) is 9.59 Å². The highest BCUT2D eigenvalue weighted by Crippen LogP contribution is 2.39. The number of hydrogen-bond donors (Lipinski definition) is 2. The highest BCUT2D eigenvalue weighted by Gasteiger charge is 2.26. The largest absolute Gasteiger partial charge is 0.481 e. The smallest absolute Gasteiger partial charge is 0.303 e. The molecular weight excluding hydrogens is 314 g/mol. The van der Waals surface area contributed by atoms with Crippen molar-refractivity contribution < 1.29 is 14.7 Å². The maximum absolute atomic E-state index is 12.4. The number of carboxylic acid groups (broad SMARTS) is 1. The zero-order chi connectivity index (χ0) is 17.4. The molecule has 4 heteroatoms. The van der Waals surface area contributed by atoms with Gasteiger partial charge in [0.05, 0.1) is 0 Å². The van der Waals surface area contributed by atoms with Crippen LogP contribution in [0.3, 0.4) is 0 Å². The number of amides is 1. The van der Waals surface area contributed by atoms with Gasteiger partial charge in [0.25, 0.3) is 5.91 Å². The molecule has 1 aliphatic heterocycles. The molecule has 0 radical (unpaired) electrons. The van der Waals surface area contributed by atoms with Crippen LogP contribution < -0.4 is 5.32 Å². The van der Waals surface area contributed by atoms with Gasteiger partial charge in [-0.2, -0.15) is 0 Å². The van der Waals surface area contributed by atoms with E-state index in [1.807, 2.05) is 24.3 Å². The Balaban J connectivity index is 1.60. The third kappa shape index (κ3) is 3.16. The molecule has 1 heterocycles. The predicted octanol–water partition coefficient (Wildman–Crippen LogP) is 4.24. The van der Waals surface area contributed by atoms with Gasteiger partial charge in [-0.3, -0.25) is 9.59 Å². The second-order valence-electron chi connectivity index (χ2n) is 7.02. The Labute approximate surface area is 146 Å². The Morgan fingerprint density at radius 1 is 1.24 bits per heavy atom. The number of fused-ring (bicyclic) bond motifs is 1. The molecular formula is C21H21NO3. The van der Waals surface area contributed by atoms with Gasteiger partial charge in [-0.25, -0.2) is 0 Å². The minimum absolute atomic E-state index is 0.0730.